The minimum absolute atomic E-state index is 0. The summed E-state index contributed by atoms with van der Waals surface area (Å²) in [5, 5.41) is 4.10. The van der Waals surface area contributed by atoms with Gasteiger partial charge in [-0.2, -0.15) is 0 Å². The van der Waals surface area contributed by atoms with E-state index in [9.17, 15) is 0 Å². The molecule has 1 aromatic rings. The zero-order valence-corrected chi connectivity index (χ0v) is 23.4. The number of nitrogens with zero attached hydrogens (tertiary/aromatic N) is 2. The molecule has 1 aromatic carbocycles. The van der Waals surface area contributed by atoms with Gasteiger partial charge in [-0.25, -0.2) is 0 Å². The molecule has 0 radical (unpaired) electrons. The monoisotopic (exact) mass is 556 g/mol. The van der Waals surface area contributed by atoms with E-state index in [-0.39, 0.29) is 23.0 Å². The number of hydrogen-bond acceptors (Lipinski definition) is 8. The van der Waals surface area contributed by atoms with Gasteiger partial charge in [0.25, 0.3) is 0 Å². The standard InChI is InChI=1S/C25H39N3O4S.BrH/c1-19-16-21(28(10-14-31-4)11-15-32-5)18-24-25(19)26-22-7-6-20(17-23(22)33-24)27(8-12-29-2)9-13-30-3;/h6-7,16-18,22-23,26H,8-15H2,1-5H3;1H/p-1. The molecule has 1 aliphatic heterocycles. The van der Waals surface area contributed by atoms with Gasteiger partial charge in [-0.3, -0.25) is 0 Å². The second kappa shape index (κ2) is 15.0. The first-order valence-corrected chi connectivity index (χ1v) is 12.4. The van der Waals surface area contributed by atoms with Crippen molar-refractivity contribution in [1.82, 2.24) is 4.90 Å². The fraction of sp³-hybridized carbons (Fsp3) is 0.600. The highest BCUT2D eigenvalue weighted by molar-refractivity contribution is 8.00. The second-order valence-corrected chi connectivity index (χ2v) is 9.50. The summed E-state index contributed by atoms with van der Waals surface area (Å²) >= 11 is 1.93. The number of rotatable bonds is 14. The number of ether oxygens (including phenoxy) is 4. The van der Waals surface area contributed by atoms with E-state index in [0.29, 0.717) is 31.7 Å². The summed E-state index contributed by atoms with van der Waals surface area (Å²) < 4.78 is 21.3. The van der Waals surface area contributed by atoms with Crippen molar-refractivity contribution in [3.05, 3.63) is 41.6 Å². The average molecular weight is 558 g/mol. The molecule has 0 saturated carbocycles. The molecule has 2 unspecified atom stereocenters. The molecule has 9 heteroatoms. The summed E-state index contributed by atoms with van der Waals surface area (Å²) in [5.41, 5.74) is 4.95. The van der Waals surface area contributed by atoms with Crippen LogP contribution in [-0.2, 0) is 18.9 Å². The van der Waals surface area contributed by atoms with Gasteiger partial charge >= 0.3 is 0 Å². The van der Waals surface area contributed by atoms with E-state index in [4.69, 9.17) is 18.9 Å². The molecule has 192 valence electrons. The molecule has 0 amide bonds. The summed E-state index contributed by atoms with van der Waals surface area (Å²) in [6.45, 7) is 8.31. The number of thioether (sulfide) groups is 1. The molecule has 2 atom stereocenters. The Labute approximate surface area is 219 Å². The number of allylic oxidation sites excluding steroid dienone is 1. The van der Waals surface area contributed by atoms with E-state index in [1.54, 1.807) is 28.4 Å². The van der Waals surface area contributed by atoms with Crippen LogP contribution >= 0.6 is 11.8 Å². The lowest BCUT2D eigenvalue weighted by atomic mass is 10.0. The zero-order valence-electron chi connectivity index (χ0n) is 21.0. The van der Waals surface area contributed by atoms with Crippen LogP contribution in [0.15, 0.2) is 41.0 Å². The lowest BCUT2D eigenvalue weighted by Gasteiger charge is -2.37. The Morgan fingerprint density at radius 2 is 1.41 bits per heavy atom. The first-order chi connectivity index (χ1) is 16.1. The Balaban J connectivity index is 0.00000408. The maximum Gasteiger partial charge on any atom is 0.0637 e. The highest BCUT2D eigenvalue weighted by atomic mass is 79.9. The van der Waals surface area contributed by atoms with Crippen molar-refractivity contribution < 1.29 is 35.9 Å². The number of anilines is 2. The Kier molecular flexibility index (Phi) is 12.8. The van der Waals surface area contributed by atoms with Crippen molar-refractivity contribution >= 4 is 23.1 Å². The average Bonchev–Trinajstić information content (AvgIpc) is 2.83. The van der Waals surface area contributed by atoms with Gasteiger partial charge in [-0.15, -0.1) is 11.8 Å². The van der Waals surface area contributed by atoms with E-state index in [0.717, 1.165) is 26.2 Å². The van der Waals surface area contributed by atoms with Crippen molar-refractivity contribution in [3.8, 4) is 0 Å². The van der Waals surface area contributed by atoms with Gasteiger partial charge in [0.1, 0.15) is 0 Å². The number of benzene rings is 1. The van der Waals surface area contributed by atoms with Crippen LogP contribution in [0.4, 0.5) is 11.4 Å². The largest absolute Gasteiger partial charge is 1.00 e. The van der Waals surface area contributed by atoms with Crippen molar-refractivity contribution in [3.63, 3.8) is 0 Å². The smallest absolute Gasteiger partial charge is 0.0637 e. The maximum absolute atomic E-state index is 5.34. The summed E-state index contributed by atoms with van der Waals surface area (Å²) in [6.07, 6.45) is 6.90. The first-order valence-electron chi connectivity index (χ1n) is 11.5. The second-order valence-electron chi connectivity index (χ2n) is 8.28. The van der Waals surface area contributed by atoms with Gasteiger partial charge in [-0.05, 0) is 36.8 Å². The topological polar surface area (TPSA) is 55.4 Å². The number of methoxy groups -OCH3 is 4. The molecule has 0 aromatic heterocycles. The highest BCUT2D eigenvalue weighted by Gasteiger charge is 2.30. The SMILES string of the molecule is COCCN(CCOC)C1=CC2Sc3cc(N(CCOC)CCOC)cc(C)c3NC2C=C1.[Br-]. The van der Waals surface area contributed by atoms with Crippen LogP contribution < -0.4 is 27.2 Å². The number of hydrogen-bond donors (Lipinski definition) is 1. The van der Waals surface area contributed by atoms with E-state index in [1.165, 1.54) is 27.5 Å². The van der Waals surface area contributed by atoms with Gasteiger partial charge in [0.05, 0.1) is 43.4 Å². The fourth-order valence-corrected chi connectivity index (χ4v) is 5.48. The van der Waals surface area contributed by atoms with Crippen molar-refractivity contribution in [1.29, 1.82) is 0 Å². The van der Waals surface area contributed by atoms with Crippen molar-refractivity contribution in [2.75, 3.05) is 91.3 Å². The van der Waals surface area contributed by atoms with E-state index in [2.05, 4.69) is 52.4 Å². The molecular formula is C25H39BrN3O4S-. The molecule has 1 N–H and O–H groups in total. The minimum Gasteiger partial charge on any atom is -1.00 e. The third-order valence-electron chi connectivity index (χ3n) is 6.01. The Bertz CT molecular complexity index is 808. The van der Waals surface area contributed by atoms with Crippen molar-refractivity contribution in [2.24, 2.45) is 0 Å². The zero-order chi connectivity index (χ0) is 23.6. The number of aryl methyl sites for hydroxylation is 1. The Morgan fingerprint density at radius 1 is 0.853 bits per heavy atom. The summed E-state index contributed by atoms with van der Waals surface area (Å²) in [5.74, 6) is 0. The first kappa shape index (κ1) is 29.0. The number of nitrogens with one attached hydrogen (secondary N) is 1. The predicted molar refractivity (Wildman–Crippen MR) is 137 cm³/mol. The lowest BCUT2D eigenvalue weighted by Crippen LogP contribution is -3.00. The van der Waals surface area contributed by atoms with Crippen LogP contribution in [0.5, 0.6) is 0 Å². The molecular weight excluding hydrogens is 518 g/mol. The molecule has 3 rings (SSSR count). The molecule has 0 saturated heterocycles. The summed E-state index contributed by atoms with van der Waals surface area (Å²) in [6, 6.07) is 4.85. The molecule has 7 nitrogen and oxygen atoms in total. The maximum atomic E-state index is 5.34. The van der Waals surface area contributed by atoms with E-state index >= 15 is 0 Å². The minimum atomic E-state index is 0. The van der Waals surface area contributed by atoms with E-state index < -0.39 is 0 Å². The van der Waals surface area contributed by atoms with Crippen molar-refractivity contribution in [2.45, 2.75) is 23.1 Å². The number of halogens is 1. The molecule has 1 aliphatic carbocycles. The van der Waals surface area contributed by atoms with E-state index in [1.807, 2.05) is 11.8 Å². The van der Waals surface area contributed by atoms with Crippen LogP contribution in [-0.4, -0.2) is 97.2 Å². The molecule has 1 heterocycles. The predicted octanol–water partition coefficient (Wildman–Crippen LogP) is 0.402. The Morgan fingerprint density at radius 3 is 1.97 bits per heavy atom. The summed E-state index contributed by atoms with van der Waals surface area (Å²) in [4.78, 5) is 5.97. The quantitative estimate of drug-likeness (QED) is 0.353. The molecule has 2 aliphatic rings. The molecule has 0 bridgehead atoms. The lowest BCUT2D eigenvalue weighted by molar-refractivity contribution is -0.00000822. The van der Waals surface area contributed by atoms with Gasteiger partial charge in [0.15, 0.2) is 0 Å². The summed E-state index contributed by atoms with van der Waals surface area (Å²) in [7, 11) is 6.98. The molecule has 0 spiro atoms. The normalized spacial score (nSPS) is 18.3. The van der Waals surface area contributed by atoms with Crippen LogP contribution in [0, 0.1) is 6.92 Å². The van der Waals surface area contributed by atoms with Crippen LogP contribution in [0.1, 0.15) is 5.56 Å². The number of fused-ring (bicyclic) bond motifs is 2. The molecule has 34 heavy (non-hydrogen) atoms. The Hall–Kier alpha value is -1.23. The van der Waals surface area contributed by atoms with Crippen LogP contribution in [0.2, 0.25) is 0 Å². The van der Waals surface area contributed by atoms with Crippen LogP contribution in [0.3, 0.4) is 0 Å². The van der Waals surface area contributed by atoms with Gasteiger partial charge in [0, 0.05) is 70.9 Å². The third kappa shape index (κ3) is 7.63. The molecule has 0 fully saturated rings. The van der Waals surface area contributed by atoms with Crippen LogP contribution in [0.25, 0.3) is 0 Å². The van der Waals surface area contributed by atoms with Gasteiger partial charge in [0.2, 0.25) is 0 Å². The van der Waals surface area contributed by atoms with Gasteiger partial charge in [-0.1, -0.05) is 6.08 Å². The highest BCUT2D eigenvalue weighted by Crippen LogP contribution is 2.44. The third-order valence-corrected chi connectivity index (χ3v) is 7.29. The van der Waals surface area contributed by atoms with Gasteiger partial charge < -0.3 is 51.0 Å². The fourth-order valence-electron chi connectivity index (χ4n) is 4.14.